The van der Waals surface area contributed by atoms with Crippen molar-refractivity contribution in [2.24, 2.45) is 0 Å². The first-order chi connectivity index (χ1) is 6.66. The minimum Gasteiger partial charge on any atom is -0.360 e. The van der Waals surface area contributed by atoms with Crippen molar-refractivity contribution in [1.29, 1.82) is 0 Å². The van der Waals surface area contributed by atoms with E-state index in [0.29, 0.717) is 12.3 Å². The smallest absolute Gasteiger partial charge is 0.173 e. The summed E-state index contributed by atoms with van der Waals surface area (Å²) in [6.45, 7) is 0.491. The lowest BCUT2D eigenvalue weighted by molar-refractivity contribution is 0.370. The second-order valence-electron chi connectivity index (χ2n) is 3.12. The van der Waals surface area contributed by atoms with E-state index in [4.69, 9.17) is 4.52 Å². The van der Waals surface area contributed by atoms with Crippen LogP contribution in [0, 0.1) is 0 Å². The largest absolute Gasteiger partial charge is 0.360 e. The van der Waals surface area contributed by atoms with Gasteiger partial charge in [0.25, 0.3) is 0 Å². The molecule has 1 N–H and O–H groups in total. The highest BCUT2D eigenvalue weighted by Gasteiger charge is 2.20. The molecule has 0 aromatic carbocycles. The third-order valence-electron chi connectivity index (χ3n) is 1.96. The Morgan fingerprint density at radius 2 is 2.50 bits per heavy atom. The van der Waals surface area contributed by atoms with Crippen LogP contribution in [-0.4, -0.2) is 25.4 Å². The molecule has 1 aliphatic rings. The Balaban J connectivity index is 1.87. The van der Waals surface area contributed by atoms with Crippen molar-refractivity contribution in [3.05, 3.63) is 29.5 Å². The van der Waals surface area contributed by atoms with Gasteiger partial charge in [0.15, 0.2) is 9.84 Å². The van der Waals surface area contributed by atoms with Crippen molar-refractivity contribution >= 4 is 9.84 Å². The van der Waals surface area contributed by atoms with Crippen molar-refractivity contribution < 1.29 is 12.9 Å². The number of rotatable bonds is 3. The standard InChI is InChI=1S/C8H10N2O3S/c11-14(12)4-2-7(6-14)9-5-8-1-3-10-13-8/h1-4,7,9H,5-6H2. The van der Waals surface area contributed by atoms with E-state index in [0.717, 1.165) is 0 Å². The van der Waals surface area contributed by atoms with Crippen LogP contribution in [0.3, 0.4) is 0 Å². The highest BCUT2D eigenvalue weighted by atomic mass is 32.2. The fourth-order valence-corrected chi connectivity index (χ4v) is 2.54. The number of aromatic nitrogens is 1. The van der Waals surface area contributed by atoms with Gasteiger partial charge in [0, 0.05) is 17.5 Å². The first kappa shape index (κ1) is 9.42. The zero-order valence-corrected chi connectivity index (χ0v) is 8.20. The highest BCUT2D eigenvalue weighted by molar-refractivity contribution is 7.94. The summed E-state index contributed by atoms with van der Waals surface area (Å²) < 4.78 is 26.9. The van der Waals surface area contributed by atoms with Crippen molar-refractivity contribution in [1.82, 2.24) is 10.5 Å². The fraction of sp³-hybridized carbons (Fsp3) is 0.375. The number of nitrogens with zero attached hydrogens (tertiary/aromatic N) is 1. The summed E-state index contributed by atoms with van der Waals surface area (Å²) in [4.78, 5) is 0. The molecule has 2 rings (SSSR count). The monoisotopic (exact) mass is 214 g/mol. The molecule has 1 unspecified atom stereocenters. The summed E-state index contributed by atoms with van der Waals surface area (Å²) in [7, 11) is -2.98. The van der Waals surface area contributed by atoms with Gasteiger partial charge >= 0.3 is 0 Å². The molecule has 0 radical (unpaired) electrons. The third-order valence-corrected chi connectivity index (χ3v) is 3.36. The average Bonchev–Trinajstić information content (AvgIpc) is 2.70. The predicted octanol–water partition coefficient (Wildman–Crippen LogP) is 0.0749. The van der Waals surface area contributed by atoms with Crippen LogP contribution in [0.4, 0.5) is 0 Å². The quantitative estimate of drug-likeness (QED) is 0.771. The third kappa shape index (κ3) is 2.21. The van der Waals surface area contributed by atoms with Crippen molar-refractivity contribution in [2.45, 2.75) is 12.6 Å². The fourth-order valence-electron chi connectivity index (χ4n) is 1.27. The molecule has 14 heavy (non-hydrogen) atoms. The van der Waals surface area contributed by atoms with E-state index in [1.54, 1.807) is 18.3 Å². The second kappa shape index (κ2) is 3.55. The Morgan fingerprint density at radius 3 is 3.07 bits per heavy atom. The Morgan fingerprint density at radius 1 is 1.64 bits per heavy atom. The maximum Gasteiger partial charge on any atom is 0.173 e. The highest BCUT2D eigenvalue weighted by Crippen LogP contribution is 2.08. The molecule has 0 aliphatic carbocycles. The van der Waals surface area contributed by atoms with Crippen LogP contribution in [0.15, 0.2) is 28.3 Å². The molecule has 0 bridgehead atoms. The number of sulfone groups is 1. The molecule has 0 saturated carbocycles. The lowest BCUT2D eigenvalue weighted by atomic mass is 10.3. The summed E-state index contributed by atoms with van der Waals surface area (Å²) in [5.74, 6) is 0.823. The van der Waals surface area contributed by atoms with Crippen LogP contribution >= 0.6 is 0 Å². The van der Waals surface area contributed by atoms with E-state index in [1.165, 1.54) is 5.41 Å². The van der Waals surface area contributed by atoms with Crippen LogP contribution in [0.2, 0.25) is 0 Å². The minimum atomic E-state index is -2.98. The van der Waals surface area contributed by atoms with E-state index in [9.17, 15) is 8.42 Å². The first-order valence-corrected chi connectivity index (χ1v) is 5.91. The van der Waals surface area contributed by atoms with Gasteiger partial charge in [0.05, 0.1) is 18.5 Å². The molecule has 1 atom stereocenters. The number of hydrogen-bond donors (Lipinski definition) is 1. The van der Waals surface area contributed by atoms with Crippen LogP contribution < -0.4 is 5.32 Å². The first-order valence-electron chi connectivity index (χ1n) is 4.20. The molecule has 6 heteroatoms. The van der Waals surface area contributed by atoms with Gasteiger partial charge in [-0.05, 0) is 0 Å². The van der Waals surface area contributed by atoms with Crippen molar-refractivity contribution in [3.63, 3.8) is 0 Å². The molecule has 1 aromatic heterocycles. The Hall–Kier alpha value is -1.14. The van der Waals surface area contributed by atoms with Gasteiger partial charge in [0.2, 0.25) is 0 Å². The summed E-state index contributed by atoms with van der Waals surface area (Å²) in [6.07, 6.45) is 3.20. The van der Waals surface area contributed by atoms with Gasteiger partial charge < -0.3 is 9.84 Å². The predicted molar refractivity (Wildman–Crippen MR) is 50.1 cm³/mol. The normalized spacial score (nSPS) is 24.1. The number of nitrogens with one attached hydrogen (secondary N) is 1. The molecule has 0 saturated heterocycles. The van der Waals surface area contributed by atoms with E-state index >= 15 is 0 Å². The van der Waals surface area contributed by atoms with E-state index in [1.807, 2.05) is 0 Å². The number of hydrogen-bond acceptors (Lipinski definition) is 5. The molecular weight excluding hydrogens is 204 g/mol. The van der Waals surface area contributed by atoms with Gasteiger partial charge in [-0.2, -0.15) is 0 Å². The van der Waals surface area contributed by atoms with Crippen LogP contribution in [0.1, 0.15) is 5.76 Å². The molecule has 0 fully saturated rings. The zero-order chi connectivity index (χ0) is 10.0. The van der Waals surface area contributed by atoms with Gasteiger partial charge in [-0.15, -0.1) is 0 Å². The van der Waals surface area contributed by atoms with Gasteiger partial charge in [-0.25, -0.2) is 8.42 Å². The summed E-state index contributed by atoms with van der Waals surface area (Å²) in [5, 5.41) is 7.83. The van der Waals surface area contributed by atoms with Gasteiger partial charge in [0.1, 0.15) is 5.76 Å². The maximum atomic E-state index is 11.0. The van der Waals surface area contributed by atoms with E-state index < -0.39 is 9.84 Å². The van der Waals surface area contributed by atoms with E-state index in [-0.39, 0.29) is 11.8 Å². The van der Waals surface area contributed by atoms with Crippen molar-refractivity contribution in [3.8, 4) is 0 Å². The molecular formula is C8H10N2O3S. The van der Waals surface area contributed by atoms with Crippen LogP contribution in [-0.2, 0) is 16.4 Å². The van der Waals surface area contributed by atoms with Crippen LogP contribution in [0.25, 0.3) is 0 Å². The Labute approximate surface area is 81.7 Å². The van der Waals surface area contributed by atoms with Crippen molar-refractivity contribution in [2.75, 3.05) is 5.75 Å². The maximum absolute atomic E-state index is 11.0. The molecule has 1 aliphatic heterocycles. The Kier molecular flexibility index (Phi) is 2.39. The van der Waals surface area contributed by atoms with E-state index in [2.05, 4.69) is 10.5 Å². The molecule has 0 spiro atoms. The zero-order valence-electron chi connectivity index (χ0n) is 7.38. The molecule has 1 aromatic rings. The summed E-state index contributed by atoms with van der Waals surface area (Å²) >= 11 is 0. The average molecular weight is 214 g/mol. The second-order valence-corrected chi connectivity index (χ2v) is 5.06. The van der Waals surface area contributed by atoms with Gasteiger partial charge in [-0.3, -0.25) is 0 Å². The lowest BCUT2D eigenvalue weighted by Crippen LogP contribution is -2.29. The molecule has 5 nitrogen and oxygen atoms in total. The molecule has 76 valence electrons. The summed E-state index contributed by atoms with van der Waals surface area (Å²) in [6, 6.07) is 1.62. The Bertz CT molecular complexity index is 421. The lowest BCUT2D eigenvalue weighted by Gasteiger charge is -2.06. The minimum absolute atomic E-state index is 0.120. The molecule has 2 heterocycles. The van der Waals surface area contributed by atoms with Gasteiger partial charge in [-0.1, -0.05) is 11.2 Å². The molecule has 0 amide bonds. The topological polar surface area (TPSA) is 72.2 Å². The SMILES string of the molecule is O=S1(=O)C=CC(NCc2ccno2)C1. The summed E-state index contributed by atoms with van der Waals surface area (Å²) in [5.41, 5.74) is 0. The van der Waals surface area contributed by atoms with Crippen LogP contribution in [0.5, 0.6) is 0 Å².